The van der Waals surface area contributed by atoms with E-state index in [0.29, 0.717) is 19.5 Å². The largest absolute Gasteiger partial charge is 0.342 e. The van der Waals surface area contributed by atoms with Crippen LogP contribution in [0.15, 0.2) is 30.3 Å². The van der Waals surface area contributed by atoms with Gasteiger partial charge in [0.1, 0.15) is 0 Å². The van der Waals surface area contributed by atoms with Crippen LogP contribution in [0.2, 0.25) is 0 Å². The highest BCUT2D eigenvalue weighted by molar-refractivity contribution is 5.89. The molecule has 0 aliphatic carbocycles. The van der Waals surface area contributed by atoms with Crippen LogP contribution in [-0.2, 0) is 9.59 Å². The van der Waals surface area contributed by atoms with Crippen molar-refractivity contribution in [2.75, 3.05) is 39.8 Å². The van der Waals surface area contributed by atoms with Gasteiger partial charge in [-0.1, -0.05) is 30.3 Å². The van der Waals surface area contributed by atoms with Gasteiger partial charge >= 0.3 is 0 Å². The van der Waals surface area contributed by atoms with E-state index in [9.17, 15) is 9.59 Å². The minimum Gasteiger partial charge on any atom is -0.342 e. The van der Waals surface area contributed by atoms with Crippen LogP contribution in [0, 0.1) is 5.92 Å². The van der Waals surface area contributed by atoms with Crippen LogP contribution < -0.4 is 0 Å². The van der Waals surface area contributed by atoms with Crippen molar-refractivity contribution in [3.63, 3.8) is 0 Å². The van der Waals surface area contributed by atoms with E-state index < -0.39 is 0 Å². The monoisotopic (exact) mass is 315 g/mol. The van der Waals surface area contributed by atoms with Crippen molar-refractivity contribution in [2.45, 2.75) is 19.4 Å². The second-order valence-corrected chi connectivity index (χ2v) is 6.55. The van der Waals surface area contributed by atoms with Gasteiger partial charge in [0.15, 0.2) is 0 Å². The lowest BCUT2D eigenvalue weighted by molar-refractivity contribution is -0.140. The van der Waals surface area contributed by atoms with Crippen molar-refractivity contribution in [3.8, 4) is 0 Å². The van der Waals surface area contributed by atoms with Gasteiger partial charge in [-0.3, -0.25) is 9.59 Å². The number of carbonyl (C=O) groups excluding carboxylic acids is 2. The van der Waals surface area contributed by atoms with Gasteiger partial charge in [-0.25, -0.2) is 0 Å². The Balaban J connectivity index is 1.79. The maximum Gasteiger partial charge on any atom is 0.228 e. The van der Waals surface area contributed by atoms with Gasteiger partial charge in [0.05, 0.1) is 12.0 Å². The molecule has 124 valence electrons. The third kappa shape index (κ3) is 3.24. The van der Waals surface area contributed by atoms with Gasteiger partial charge in [-0.05, 0) is 19.5 Å². The highest BCUT2D eigenvalue weighted by Gasteiger charge is 2.39. The summed E-state index contributed by atoms with van der Waals surface area (Å²) in [7, 11) is 2.09. The first kappa shape index (κ1) is 16.0. The molecule has 0 N–H and O–H groups in total. The molecule has 23 heavy (non-hydrogen) atoms. The molecule has 2 atom stereocenters. The van der Waals surface area contributed by atoms with Crippen molar-refractivity contribution in [3.05, 3.63) is 35.9 Å². The standard InChI is InChI=1S/C18H25N3O2/c1-3-20-12-15(11-17(20)22)18(23)21-10-9-19(2)13-16(21)14-7-5-4-6-8-14/h4-8,15-16H,3,9-13H2,1-2H3/t15-,16+/m1/s1. The molecule has 2 fully saturated rings. The van der Waals surface area contributed by atoms with E-state index in [4.69, 9.17) is 0 Å². The number of nitrogens with zero attached hydrogens (tertiary/aromatic N) is 3. The Morgan fingerprint density at radius 1 is 1.17 bits per heavy atom. The summed E-state index contributed by atoms with van der Waals surface area (Å²) in [6.45, 7) is 5.68. The van der Waals surface area contributed by atoms with Crippen LogP contribution in [0.4, 0.5) is 0 Å². The molecular weight excluding hydrogens is 290 g/mol. The van der Waals surface area contributed by atoms with Gasteiger partial charge in [-0.2, -0.15) is 0 Å². The summed E-state index contributed by atoms with van der Waals surface area (Å²) in [4.78, 5) is 31.0. The summed E-state index contributed by atoms with van der Waals surface area (Å²) >= 11 is 0. The summed E-state index contributed by atoms with van der Waals surface area (Å²) in [5.41, 5.74) is 1.17. The third-order valence-corrected chi connectivity index (χ3v) is 5.00. The number of likely N-dealkylation sites (N-methyl/N-ethyl adjacent to an activating group) is 1. The summed E-state index contributed by atoms with van der Waals surface area (Å²) < 4.78 is 0. The lowest BCUT2D eigenvalue weighted by Crippen LogP contribution is -2.51. The molecule has 0 unspecified atom stereocenters. The third-order valence-electron chi connectivity index (χ3n) is 5.00. The average Bonchev–Trinajstić information content (AvgIpc) is 2.96. The molecule has 1 aromatic carbocycles. The molecule has 5 nitrogen and oxygen atoms in total. The SMILES string of the molecule is CCN1C[C@H](C(=O)N2CCN(C)C[C@H]2c2ccccc2)CC1=O. The molecule has 3 rings (SSSR count). The molecule has 0 bridgehead atoms. The van der Waals surface area contributed by atoms with Gasteiger partial charge in [-0.15, -0.1) is 0 Å². The van der Waals surface area contributed by atoms with E-state index in [1.165, 1.54) is 5.56 Å². The Morgan fingerprint density at radius 3 is 2.57 bits per heavy atom. The Morgan fingerprint density at radius 2 is 1.91 bits per heavy atom. The van der Waals surface area contributed by atoms with Crippen LogP contribution in [-0.4, -0.2) is 66.3 Å². The zero-order valence-electron chi connectivity index (χ0n) is 13.9. The van der Waals surface area contributed by atoms with Gasteiger partial charge in [0.25, 0.3) is 0 Å². The van der Waals surface area contributed by atoms with E-state index in [2.05, 4.69) is 24.1 Å². The maximum absolute atomic E-state index is 13.0. The first-order chi connectivity index (χ1) is 11.1. The van der Waals surface area contributed by atoms with Gasteiger partial charge < -0.3 is 14.7 Å². The number of carbonyl (C=O) groups is 2. The van der Waals surface area contributed by atoms with Gasteiger partial charge in [0.2, 0.25) is 11.8 Å². The second kappa shape index (κ2) is 6.71. The van der Waals surface area contributed by atoms with Crippen molar-refractivity contribution in [1.29, 1.82) is 0 Å². The Kier molecular flexibility index (Phi) is 4.66. The van der Waals surface area contributed by atoms with E-state index in [1.807, 2.05) is 30.0 Å². The number of hydrogen-bond acceptors (Lipinski definition) is 3. The molecule has 2 aliphatic rings. The number of amides is 2. The number of benzene rings is 1. The van der Waals surface area contributed by atoms with E-state index in [1.54, 1.807) is 4.90 Å². The summed E-state index contributed by atoms with van der Waals surface area (Å²) in [5, 5.41) is 0. The highest BCUT2D eigenvalue weighted by atomic mass is 16.2. The Hall–Kier alpha value is -1.88. The fourth-order valence-corrected chi connectivity index (χ4v) is 3.62. The fourth-order valence-electron chi connectivity index (χ4n) is 3.62. The molecule has 0 radical (unpaired) electrons. The fraction of sp³-hybridized carbons (Fsp3) is 0.556. The highest BCUT2D eigenvalue weighted by Crippen LogP contribution is 2.29. The normalized spacial score (nSPS) is 25.9. The second-order valence-electron chi connectivity index (χ2n) is 6.55. The van der Waals surface area contributed by atoms with Crippen LogP contribution in [0.5, 0.6) is 0 Å². The number of piperazine rings is 1. The molecule has 2 heterocycles. The van der Waals surface area contributed by atoms with Crippen molar-refractivity contribution in [1.82, 2.24) is 14.7 Å². The van der Waals surface area contributed by atoms with Crippen LogP contribution in [0.25, 0.3) is 0 Å². The molecule has 0 saturated carbocycles. The van der Waals surface area contributed by atoms with Gasteiger partial charge in [0, 0.05) is 39.1 Å². The van der Waals surface area contributed by atoms with E-state index in [0.717, 1.165) is 19.6 Å². The Labute approximate surface area is 137 Å². The van der Waals surface area contributed by atoms with Crippen LogP contribution in [0.3, 0.4) is 0 Å². The molecule has 5 heteroatoms. The molecular formula is C18H25N3O2. The summed E-state index contributed by atoms with van der Waals surface area (Å²) in [6, 6.07) is 10.3. The van der Waals surface area contributed by atoms with E-state index >= 15 is 0 Å². The lowest BCUT2D eigenvalue weighted by Gasteiger charge is -2.41. The summed E-state index contributed by atoms with van der Waals surface area (Å²) in [6.07, 6.45) is 0.362. The molecule has 2 saturated heterocycles. The van der Waals surface area contributed by atoms with Crippen molar-refractivity contribution >= 4 is 11.8 Å². The molecule has 2 aliphatic heterocycles. The maximum atomic E-state index is 13.0. The topological polar surface area (TPSA) is 43.9 Å². The number of hydrogen-bond donors (Lipinski definition) is 0. The average molecular weight is 315 g/mol. The number of likely N-dealkylation sites (tertiary alicyclic amines) is 1. The first-order valence-electron chi connectivity index (χ1n) is 8.42. The van der Waals surface area contributed by atoms with Crippen molar-refractivity contribution in [2.24, 2.45) is 5.92 Å². The Bertz CT molecular complexity index is 575. The smallest absolute Gasteiger partial charge is 0.228 e. The molecule has 2 amide bonds. The lowest BCUT2D eigenvalue weighted by atomic mass is 9.99. The van der Waals surface area contributed by atoms with Crippen LogP contribution in [0.1, 0.15) is 24.9 Å². The minimum atomic E-state index is -0.183. The molecule has 1 aromatic rings. The molecule has 0 aromatic heterocycles. The van der Waals surface area contributed by atoms with Crippen LogP contribution >= 0.6 is 0 Å². The zero-order valence-corrected chi connectivity index (χ0v) is 13.9. The summed E-state index contributed by atoms with van der Waals surface area (Å²) in [5.74, 6) is 0.0598. The minimum absolute atomic E-state index is 0.0771. The van der Waals surface area contributed by atoms with Crippen molar-refractivity contribution < 1.29 is 9.59 Å². The predicted octanol–water partition coefficient (Wildman–Crippen LogP) is 1.37. The zero-order chi connectivity index (χ0) is 16.4. The quantitative estimate of drug-likeness (QED) is 0.846. The molecule has 0 spiro atoms. The predicted molar refractivity (Wildman–Crippen MR) is 88.8 cm³/mol. The van der Waals surface area contributed by atoms with E-state index in [-0.39, 0.29) is 23.8 Å². The first-order valence-corrected chi connectivity index (χ1v) is 8.42. The number of rotatable bonds is 3.